The second-order valence-electron chi connectivity index (χ2n) is 4.89. The molecule has 1 aromatic rings. The summed E-state index contributed by atoms with van der Waals surface area (Å²) in [5, 5.41) is 12.1. The lowest BCUT2D eigenvalue weighted by Crippen LogP contribution is -2.39. The Balaban J connectivity index is 1.90. The van der Waals surface area contributed by atoms with Crippen LogP contribution in [0.2, 0.25) is 0 Å². The van der Waals surface area contributed by atoms with E-state index < -0.39 is 0 Å². The number of carbonyl (C=O) groups excluding carboxylic acids is 1. The summed E-state index contributed by atoms with van der Waals surface area (Å²) in [6.07, 6.45) is 3.66. The maximum Gasteiger partial charge on any atom is 0.251 e. The Hall–Kier alpha value is -1.51. The largest absolute Gasteiger partial charge is 0.508 e. The van der Waals surface area contributed by atoms with Gasteiger partial charge >= 0.3 is 0 Å². The molecule has 1 fully saturated rings. The topological polar surface area (TPSA) is 49.3 Å². The average molecular weight is 219 g/mol. The van der Waals surface area contributed by atoms with Crippen LogP contribution in [0.5, 0.6) is 5.75 Å². The fraction of sp³-hybridized carbons (Fsp3) is 0.462. The molecule has 16 heavy (non-hydrogen) atoms. The van der Waals surface area contributed by atoms with Crippen LogP contribution in [0.1, 0.15) is 36.5 Å². The highest BCUT2D eigenvalue weighted by molar-refractivity contribution is 5.94. The van der Waals surface area contributed by atoms with Crippen LogP contribution >= 0.6 is 0 Å². The first-order chi connectivity index (χ1) is 7.59. The summed E-state index contributed by atoms with van der Waals surface area (Å²) >= 11 is 0. The molecule has 0 aliphatic heterocycles. The van der Waals surface area contributed by atoms with Crippen LogP contribution in [-0.4, -0.2) is 17.6 Å². The van der Waals surface area contributed by atoms with Gasteiger partial charge < -0.3 is 10.4 Å². The van der Waals surface area contributed by atoms with E-state index in [1.165, 1.54) is 31.4 Å². The summed E-state index contributed by atoms with van der Waals surface area (Å²) in [5.41, 5.74) is 0.896. The third kappa shape index (κ3) is 2.35. The Morgan fingerprint density at radius 1 is 1.38 bits per heavy atom. The highest BCUT2D eigenvalue weighted by Gasteiger charge is 2.31. The lowest BCUT2D eigenvalue weighted by molar-refractivity contribution is 0.0891. The number of rotatable bonds is 3. The third-order valence-corrected chi connectivity index (χ3v) is 3.37. The smallest absolute Gasteiger partial charge is 0.251 e. The van der Waals surface area contributed by atoms with Crippen molar-refractivity contribution in [3.63, 3.8) is 0 Å². The van der Waals surface area contributed by atoms with Crippen molar-refractivity contribution in [3.8, 4) is 5.75 Å². The maximum absolute atomic E-state index is 11.7. The van der Waals surface area contributed by atoms with E-state index in [0.717, 1.165) is 6.54 Å². The van der Waals surface area contributed by atoms with Crippen LogP contribution in [0, 0.1) is 5.41 Å². The van der Waals surface area contributed by atoms with E-state index in [9.17, 15) is 4.79 Å². The van der Waals surface area contributed by atoms with Gasteiger partial charge in [0.2, 0.25) is 0 Å². The monoisotopic (exact) mass is 219 g/mol. The summed E-state index contributed by atoms with van der Waals surface area (Å²) in [6, 6.07) is 6.32. The van der Waals surface area contributed by atoms with E-state index >= 15 is 0 Å². The lowest BCUT2D eigenvalue weighted by Gasteiger charge is -2.38. The van der Waals surface area contributed by atoms with E-state index in [2.05, 4.69) is 12.2 Å². The lowest BCUT2D eigenvalue weighted by atomic mass is 9.70. The summed E-state index contributed by atoms with van der Waals surface area (Å²) < 4.78 is 0. The van der Waals surface area contributed by atoms with Crippen molar-refractivity contribution in [2.45, 2.75) is 26.2 Å². The number of benzene rings is 1. The van der Waals surface area contributed by atoms with Gasteiger partial charge in [0.15, 0.2) is 0 Å². The van der Waals surface area contributed by atoms with Crippen molar-refractivity contribution < 1.29 is 9.90 Å². The number of phenolic OH excluding ortho intramolecular Hbond substituents is 1. The van der Waals surface area contributed by atoms with Gasteiger partial charge in [0.05, 0.1) is 0 Å². The van der Waals surface area contributed by atoms with Crippen molar-refractivity contribution in [3.05, 3.63) is 29.8 Å². The highest BCUT2D eigenvalue weighted by Crippen LogP contribution is 2.39. The van der Waals surface area contributed by atoms with Crippen molar-refractivity contribution in [2.24, 2.45) is 5.41 Å². The number of hydrogen-bond acceptors (Lipinski definition) is 2. The summed E-state index contributed by atoms with van der Waals surface area (Å²) in [4.78, 5) is 11.7. The van der Waals surface area contributed by atoms with Crippen LogP contribution in [0.4, 0.5) is 0 Å². The predicted octanol–water partition coefficient (Wildman–Crippen LogP) is 2.31. The first-order valence-electron chi connectivity index (χ1n) is 5.66. The first-order valence-corrected chi connectivity index (χ1v) is 5.66. The van der Waals surface area contributed by atoms with E-state index in [1.807, 2.05) is 0 Å². The van der Waals surface area contributed by atoms with E-state index in [0.29, 0.717) is 11.0 Å². The van der Waals surface area contributed by atoms with Crippen LogP contribution in [0.25, 0.3) is 0 Å². The zero-order chi connectivity index (χ0) is 11.6. The zero-order valence-corrected chi connectivity index (χ0v) is 9.49. The van der Waals surface area contributed by atoms with Crippen molar-refractivity contribution in [2.75, 3.05) is 6.54 Å². The molecule has 0 unspecified atom stereocenters. The van der Waals surface area contributed by atoms with Crippen molar-refractivity contribution in [1.82, 2.24) is 5.32 Å². The fourth-order valence-electron chi connectivity index (χ4n) is 1.97. The minimum atomic E-state index is -0.0619. The molecule has 86 valence electrons. The molecule has 3 heteroatoms. The van der Waals surface area contributed by atoms with Gasteiger partial charge in [-0.1, -0.05) is 13.3 Å². The minimum Gasteiger partial charge on any atom is -0.508 e. The van der Waals surface area contributed by atoms with Gasteiger partial charge in [0.1, 0.15) is 5.75 Å². The molecule has 2 N–H and O–H groups in total. The van der Waals surface area contributed by atoms with Crippen molar-refractivity contribution in [1.29, 1.82) is 0 Å². The molecule has 2 rings (SSSR count). The molecule has 0 spiro atoms. The Labute approximate surface area is 95.5 Å². The fourth-order valence-corrected chi connectivity index (χ4v) is 1.97. The number of aromatic hydroxyl groups is 1. The Morgan fingerprint density at radius 3 is 2.50 bits per heavy atom. The molecule has 0 radical (unpaired) electrons. The molecule has 0 saturated heterocycles. The molecule has 1 amide bonds. The van der Waals surface area contributed by atoms with Gasteiger partial charge in [-0.25, -0.2) is 0 Å². The van der Waals surface area contributed by atoms with Crippen LogP contribution in [0.15, 0.2) is 24.3 Å². The van der Waals surface area contributed by atoms with Crippen molar-refractivity contribution >= 4 is 5.91 Å². The number of phenols is 1. The summed E-state index contributed by atoms with van der Waals surface area (Å²) in [5.74, 6) is 0.121. The average Bonchev–Trinajstić information content (AvgIpc) is 2.24. The molecule has 1 aromatic carbocycles. The predicted molar refractivity (Wildman–Crippen MR) is 62.4 cm³/mol. The molecule has 1 aliphatic rings. The van der Waals surface area contributed by atoms with Crippen LogP contribution < -0.4 is 5.32 Å². The molecule has 0 atom stereocenters. The number of hydrogen-bond donors (Lipinski definition) is 2. The summed E-state index contributed by atoms with van der Waals surface area (Å²) in [6.45, 7) is 2.94. The number of amides is 1. The second-order valence-corrected chi connectivity index (χ2v) is 4.89. The Morgan fingerprint density at radius 2 is 2.00 bits per heavy atom. The van der Waals surface area contributed by atoms with Gasteiger partial charge in [-0.15, -0.1) is 0 Å². The molecule has 1 aliphatic carbocycles. The normalized spacial score (nSPS) is 17.6. The van der Waals surface area contributed by atoms with E-state index in [-0.39, 0.29) is 11.7 Å². The van der Waals surface area contributed by atoms with Crippen LogP contribution in [-0.2, 0) is 0 Å². The molecule has 0 aromatic heterocycles. The van der Waals surface area contributed by atoms with Gasteiger partial charge in [-0.2, -0.15) is 0 Å². The molecular formula is C13H17NO2. The molecule has 0 heterocycles. The maximum atomic E-state index is 11.7. The minimum absolute atomic E-state index is 0.0619. The van der Waals surface area contributed by atoms with Gasteiger partial charge in [0.25, 0.3) is 5.91 Å². The number of nitrogens with one attached hydrogen (secondary N) is 1. The van der Waals surface area contributed by atoms with E-state index in [4.69, 9.17) is 5.11 Å². The second kappa shape index (κ2) is 4.16. The Bertz CT molecular complexity index is 379. The molecule has 1 saturated carbocycles. The SMILES string of the molecule is CC1(CNC(=O)c2ccc(O)cc2)CCC1. The van der Waals surface area contributed by atoms with Crippen LogP contribution in [0.3, 0.4) is 0 Å². The van der Waals surface area contributed by atoms with Gasteiger partial charge in [-0.3, -0.25) is 4.79 Å². The number of carbonyl (C=O) groups is 1. The quantitative estimate of drug-likeness (QED) is 0.819. The van der Waals surface area contributed by atoms with Gasteiger partial charge in [-0.05, 0) is 42.5 Å². The van der Waals surface area contributed by atoms with Gasteiger partial charge in [0, 0.05) is 12.1 Å². The molecule has 3 nitrogen and oxygen atoms in total. The molecule has 0 bridgehead atoms. The Kier molecular flexibility index (Phi) is 2.86. The molecular weight excluding hydrogens is 202 g/mol. The third-order valence-electron chi connectivity index (χ3n) is 3.37. The highest BCUT2D eigenvalue weighted by atomic mass is 16.3. The summed E-state index contributed by atoms with van der Waals surface area (Å²) in [7, 11) is 0. The first kappa shape index (κ1) is 11.0. The zero-order valence-electron chi connectivity index (χ0n) is 9.49. The standard InChI is InChI=1S/C13H17NO2/c1-13(7-2-8-13)9-14-12(16)10-3-5-11(15)6-4-10/h3-6,15H,2,7-9H2,1H3,(H,14,16). The van der Waals surface area contributed by atoms with E-state index in [1.54, 1.807) is 12.1 Å².